The van der Waals surface area contributed by atoms with E-state index in [-0.39, 0.29) is 40.9 Å². The molecule has 1 fully saturated rings. The molecule has 0 aliphatic heterocycles. The summed E-state index contributed by atoms with van der Waals surface area (Å²) in [6.07, 6.45) is 3.45. The lowest BCUT2D eigenvalue weighted by Gasteiger charge is -2.27. The van der Waals surface area contributed by atoms with E-state index in [2.05, 4.69) is 5.32 Å². The summed E-state index contributed by atoms with van der Waals surface area (Å²) in [6, 6.07) is 6.68. The van der Waals surface area contributed by atoms with Gasteiger partial charge in [-0.2, -0.15) is 0 Å². The molecule has 0 atom stereocenters. The van der Waals surface area contributed by atoms with Gasteiger partial charge in [0, 0.05) is 12.1 Å². The molecule has 1 aromatic rings. The SMILES string of the molecule is CC(C)S(=O)(=O)c1ccccc1C(=O)NC1CCC(N)CC1.Cl. The van der Waals surface area contributed by atoms with Crippen molar-refractivity contribution < 1.29 is 13.2 Å². The summed E-state index contributed by atoms with van der Waals surface area (Å²) in [4.78, 5) is 12.6. The molecule has 3 N–H and O–H groups in total. The molecule has 1 aliphatic carbocycles. The number of nitrogens with two attached hydrogens (primary N) is 1. The molecule has 5 nitrogen and oxygen atoms in total. The zero-order valence-corrected chi connectivity index (χ0v) is 15.1. The van der Waals surface area contributed by atoms with Crippen LogP contribution >= 0.6 is 12.4 Å². The Morgan fingerprint density at radius 1 is 1.17 bits per heavy atom. The highest BCUT2D eigenvalue weighted by molar-refractivity contribution is 7.92. The first kappa shape index (κ1) is 19.9. The van der Waals surface area contributed by atoms with Gasteiger partial charge in [0.1, 0.15) is 0 Å². The van der Waals surface area contributed by atoms with Crippen LogP contribution in [-0.4, -0.2) is 31.7 Å². The summed E-state index contributed by atoms with van der Waals surface area (Å²) in [5, 5.41) is 2.39. The van der Waals surface area contributed by atoms with Crippen LogP contribution in [0.2, 0.25) is 0 Å². The topological polar surface area (TPSA) is 89.3 Å². The third kappa shape index (κ3) is 4.68. The Kier molecular flexibility index (Phi) is 7.04. The molecule has 1 amide bonds. The molecular weight excluding hydrogens is 336 g/mol. The number of hydrogen-bond donors (Lipinski definition) is 2. The summed E-state index contributed by atoms with van der Waals surface area (Å²) in [5.41, 5.74) is 6.09. The molecule has 0 unspecified atom stereocenters. The lowest BCUT2D eigenvalue weighted by atomic mass is 9.91. The Balaban J connectivity index is 0.00000264. The van der Waals surface area contributed by atoms with Gasteiger partial charge in [-0.15, -0.1) is 12.4 Å². The van der Waals surface area contributed by atoms with Crippen LogP contribution < -0.4 is 11.1 Å². The van der Waals surface area contributed by atoms with Crippen LogP contribution in [0.1, 0.15) is 49.9 Å². The zero-order valence-electron chi connectivity index (χ0n) is 13.5. The van der Waals surface area contributed by atoms with Crippen molar-refractivity contribution in [2.24, 2.45) is 5.73 Å². The van der Waals surface area contributed by atoms with Gasteiger partial charge >= 0.3 is 0 Å². The highest BCUT2D eigenvalue weighted by atomic mass is 35.5. The van der Waals surface area contributed by atoms with E-state index < -0.39 is 15.1 Å². The van der Waals surface area contributed by atoms with Crippen molar-refractivity contribution >= 4 is 28.2 Å². The van der Waals surface area contributed by atoms with Gasteiger partial charge in [0.25, 0.3) is 5.91 Å². The Morgan fingerprint density at radius 3 is 2.30 bits per heavy atom. The van der Waals surface area contributed by atoms with Crippen molar-refractivity contribution in [1.29, 1.82) is 0 Å². The van der Waals surface area contributed by atoms with Crippen molar-refractivity contribution in [2.75, 3.05) is 0 Å². The summed E-state index contributed by atoms with van der Waals surface area (Å²) in [5.74, 6) is -0.319. The minimum absolute atomic E-state index is 0. The van der Waals surface area contributed by atoms with Crippen molar-refractivity contribution in [2.45, 2.75) is 61.8 Å². The molecule has 0 saturated heterocycles. The third-order valence-corrected chi connectivity index (χ3v) is 6.38. The van der Waals surface area contributed by atoms with E-state index in [1.54, 1.807) is 32.0 Å². The van der Waals surface area contributed by atoms with Crippen molar-refractivity contribution in [3.05, 3.63) is 29.8 Å². The van der Waals surface area contributed by atoms with Crippen LogP contribution in [0.5, 0.6) is 0 Å². The molecule has 0 heterocycles. The van der Waals surface area contributed by atoms with E-state index in [1.165, 1.54) is 6.07 Å². The van der Waals surface area contributed by atoms with Gasteiger partial charge in [-0.05, 0) is 51.7 Å². The molecule has 2 rings (SSSR count). The third-order valence-electron chi connectivity index (χ3n) is 4.17. The predicted molar refractivity (Wildman–Crippen MR) is 93.7 cm³/mol. The molecule has 0 aromatic heterocycles. The maximum atomic E-state index is 12.5. The van der Waals surface area contributed by atoms with E-state index in [0.717, 1.165) is 25.7 Å². The fourth-order valence-electron chi connectivity index (χ4n) is 2.68. The number of halogens is 1. The molecule has 130 valence electrons. The van der Waals surface area contributed by atoms with Crippen LogP contribution in [0.3, 0.4) is 0 Å². The first-order chi connectivity index (χ1) is 10.3. The van der Waals surface area contributed by atoms with E-state index in [1.807, 2.05) is 0 Å². The van der Waals surface area contributed by atoms with Crippen molar-refractivity contribution in [3.8, 4) is 0 Å². The normalized spacial score (nSPS) is 21.6. The second kappa shape index (κ2) is 8.13. The maximum Gasteiger partial charge on any atom is 0.252 e. The van der Waals surface area contributed by atoms with E-state index >= 15 is 0 Å². The smallest absolute Gasteiger partial charge is 0.252 e. The van der Waals surface area contributed by atoms with Gasteiger partial charge in [-0.25, -0.2) is 8.42 Å². The van der Waals surface area contributed by atoms with Crippen LogP contribution in [-0.2, 0) is 9.84 Å². The fraction of sp³-hybridized carbons (Fsp3) is 0.562. The number of carbonyl (C=O) groups is 1. The Hall–Kier alpha value is -1.11. The summed E-state index contributed by atoms with van der Waals surface area (Å²) < 4.78 is 24.8. The Labute approximate surface area is 144 Å². The first-order valence-electron chi connectivity index (χ1n) is 7.71. The van der Waals surface area contributed by atoms with Gasteiger partial charge in [0.15, 0.2) is 9.84 Å². The fourth-order valence-corrected chi connectivity index (χ4v) is 3.93. The first-order valence-corrected chi connectivity index (χ1v) is 9.26. The molecule has 7 heteroatoms. The van der Waals surface area contributed by atoms with Gasteiger partial charge in [-0.1, -0.05) is 12.1 Å². The molecule has 0 spiro atoms. The molecule has 1 aromatic carbocycles. The van der Waals surface area contributed by atoms with Gasteiger partial charge in [0.2, 0.25) is 0 Å². The minimum Gasteiger partial charge on any atom is -0.349 e. The average molecular weight is 361 g/mol. The lowest BCUT2D eigenvalue weighted by molar-refractivity contribution is 0.0922. The van der Waals surface area contributed by atoms with Gasteiger partial charge in [-0.3, -0.25) is 4.79 Å². The molecule has 0 bridgehead atoms. The predicted octanol–water partition coefficient (Wildman–Crippen LogP) is 2.29. The molecule has 0 radical (unpaired) electrons. The van der Waals surface area contributed by atoms with E-state index in [4.69, 9.17) is 5.73 Å². The molecule has 23 heavy (non-hydrogen) atoms. The van der Waals surface area contributed by atoms with Crippen LogP contribution in [0, 0.1) is 0 Å². The number of benzene rings is 1. The van der Waals surface area contributed by atoms with Crippen LogP contribution in [0.15, 0.2) is 29.2 Å². The highest BCUT2D eigenvalue weighted by Crippen LogP contribution is 2.22. The molecular formula is C16H25ClN2O3S. The number of nitrogens with one attached hydrogen (secondary N) is 1. The Bertz CT molecular complexity index is 638. The minimum atomic E-state index is -3.48. The van der Waals surface area contributed by atoms with E-state index in [9.17, 15) is 13.2 Å². The lowest BCUT2D eigenvalue weighted by Crippen LogP contribution is -2.40. The van der Waals surface area contributed by atoms with E-state index in [0.29, 0.717) is 0 Å². The van der Waals surface area contributed by atoms with Crippen molar-refractivity contribution in [1.82, 2.24) is 5.32 Å². The number of hydrogen-bond acceptors (Lipinski definition) is 4. The quantitative estimate of drug-likeness (QED) is 0.862. The number of carbonyl (C=O) groups excluding carboxylic acids is 1. The number of sulfone groups is 1. The standard InChI is InChI=1S/C16H24N2O3S.ClH/c1-11(2)22(20,21)15-6-4-3-5-14(15)16(19)18-13-9-7-12(17)8-10-13;/h3-6,11-13H,7-10,17H2,1-2H3,(H,18,19);1H. The van der Waals surface area contributed by atoms with Gasteiger partial charge < -0.3 is 11.1 Å². The summed E-state index contributed by atoms with van der Waals surface area (Å²) >= 11 is 0. The second-order valence-electron chi connectivity index (χ2n) is 6.18. The molecule has 1 saturated carbocycles. The van der Waals surface area contributed by atoms with Crippen LogP contribution in [0.4, 0.5) is 0 Å². The van der Waals surface area contributed by atoms with Crippen LogP contribution in [0.25, 0.3) is 0 Å². The monoisotopic (exact) mass is 360 g/mol. The average Bonchev–Trinajstić information content (AvgIpc) is 2.49. The highest BCUT2D eigenvalue weighted by Gasteiger charge is 2.27. The maximum absolute atomic E-state index is 12.5. The Morgan fingerprint density at radius 2 is 1.74 bits per heavy atom. The zero-order chi connectivity index (χ0) is 16.3. The number of rotatable bonds is 4. The largest absolute Gasteiger partial charge is 0.349 e. The second-order valence-corrected chi connectivity index (χ2v) is 8.65. The number of amides is 1. The van der Waals surface area contributed by atoms with Crippen molar-refractivity contribution in [3.63, 3.8) is 0 Å². The van der Waals surface area contributed by atoms with Gasteiger partial charge in [0.05, 0.1) is 15.7 Å². The summed E-state index contributed by atoms with van der Waals surface area (Å²) in [7, 11) is -3.48. The summed E-state index contributed by atoms with van der Waals surface area (Å²) in [6.45, 7) is 3.24. The molecule has 1 aliphatic rings.